The van der Waals surface area contributed by atoms with Crippen LogP contribution in [-0.4, -0.2) is 18.9 Å². The van der Waals surface area contributed by atoms with Gasteiger partial charge in [-0.1, -0.05) is 33.4 Å². The molecule has 0 saturated heterocycles. The van der Waals surface area contributed by atoms with Crippen molar-refractivity contribution in [2.24, 2.45) is 22.7 Å². The summed E-state index contributed by atoms with van der Waals surface area (Å²) in [5.41, 5.74) is -0.469. The van der Waals surface area contributed by atoms with Crippen LogP contribution in [0.2, 0.25) is 0 Å². The molecule has 0 radical (unpaired) electrons. The van der Waals surface area contributed by atoms with E-state index in [9.17, 15) is 9.59 Å². The molecule has 2 aliphatic rings. The Hall–Kier alpha value is -1.38. The first-order chi connectivity index (χ1) is 8.86. The second-order valence-corrected chi connectivity index (χ2v) is 6.09. The zero-order chi connectivity index (χ0) is 14.4. The van der Waals surface area contributed by atoms with Gasteiger partial charge in [-0.05, 0) is 41.7 Å². The second kappa shape index (κ2) is 4.32. The average Bonchev–Trinajstić information content (AvgIpc) is 2.68. The number of ether oxygens (including phenoxy) is 1. The molecular formula is C16H22O3. The van der Waals surface area contributed by atoms with Crippen molar-refractivity contribution in [2.45, 2.75) is 33.6 Å². The van der Waals surface area contributed by atoms with Crippen LogP contribution < -0.4 is 0 Å². The molecule has 3 nitrogen and oxygen atoms in total. The first-order valence-corrected chi connectivity index (χ1v) is 6.83. The van der Waals surface area contributed by atoms with Gasteiger partial charge in [0.1, 0.15) is 5.41 Å². The van der Waals surface area contributed by atoms with Gasteiger partial charge in [-0.25, -0.2) is 0 Å². The van der Waals surface area contributed by atoms with E-state index in [1.165, 1.54) is 7.11 Å². The molecule has 0 aromatic heterocycles. The highest BCUT2D eigenvalue weighted by Gasteiger charge is 2.68. The number of hydrogen-bond donors (Lipinski definition) is 0. The Labute approximate surface area is 114 Å². The van der Waals surface area contributed by atoms with Crippen LogP contribution in [0.3, 0.4) is 0 Å². The fourth-order valence-corrected chi connectivity index (χ4v) is 4.26. The van der Waals surface area contributed by atoms with Gasteiger partial charge in [0.2, 0.25) is 0 Å². The van der Waals surface area contributed by atoms with E-state index in [1.807, 2.05) is 13.8 Å². The molecule has 2 rings (SSSR count). The predicted molar refractivity (Wildman–Crippen MR) is 73.4 cm³/mol. The Morgan fingerprint density at radius 2 is 2.16 bits per heavy atom. The second-order valence-electron chi connectivity index (χ2n) is 6.09. The van der Waals surface area contributed by atoms with Gasteiger partial charge >= 0.3 is 5.97 Å². The highest BCUT2D eigenvalue weighted by Crippen LogP contribution is 2.64. The summed E-state index contributed by atoms with van der Waals surface area (Å²) < 4.78 is 5.00. The van der Waals surface area contributed by atoms with Gasteiger partial charge in [0.15, 0.2) is 5.78 Å². The van der Waals surface area contributed by atoms with E-state index in [2.05, 4.69) is 13.5 Å². The summed E-state index contributed by atoms with van der Waals surface area (Å²) in [6.07, 6.45) is 5.07. The molecular weight excluding hydrogens is 240 g/mol. The Morgan fingerprint density at radius 1 is 1.53 bits per heavy atom. The van der Waals surface area contributed by atoms with E-state index in [1.54, 1.807) is 12.2 Å². The van der Waals surface area contributed by atoms with Crippen molar-refractivity contribution < 1.29 is 14.3 Å². The van der Waals surface area contributed by atoms with Crippen LogP contribution in [0, 0.1) is 22.7 Å². The van der Waals surface area contributed by atoms with Gasteiger partial charge in [-0.3, -0.25) is 9.59 Å². The Kier molecular flexibility index (Phi) is 3.20. The molecule has 1 fully saturated rings. The number of ketones is 1. The van der Waals surface area contributed by atoms with Crippen molar-refractivity contribution in [3.8, 4) is 0 Å². The maximum Gasteiger partial charge on any atom is 0.320 e. The number of carbonyl (C=O) groups excluding carboxylic acids is 2. The van der Waals surface area contributed by atoms with Crippen molar-refractivity contribution >= 4 is 11.8 Å². The molecule has 0 aromatic carbocycles. The van der Waals surface area contributed by atoms with Crippen LogP contribution in [0.25, 0.3) is 0 Å². The van der Waals surface area contributed by atoms with Crippen LogP contribution >= 0.6 is 0 Å². The third kappa shape index (κ3) is 1.44. The van der Waals surface area contributed by atoms with Gasteiger partial charge in [0, 0.05) is 0 Å². The predicted octanol–water partition coefficient (Wildman–Crippen LogP) is 2.91. The van der Waals surface area contributed by atoms with Crippen molar-refractivity contribution in [3.63, 3.8) is 0 Å². The summed E-state index contributed by atoms with van der Waals surface area (Å²) in [4.78, 5) is 25.1. The molecule has 0 heterocycles. The fourth-order valence-electron chi connectivity index (χ4n) is 4.26. The number of fused-ring (bicyclic) bond motifs is 1. The van der Waals surface area contributed by atoms with Gasteiger partial charge in [-0.15, -0.1) is 0 Å². The van der Waals surface area contributed by atoms with E-state index in [0.29, 0.717) is 0 Å². The van der Waals surface area contributed by atoms with Crippen LogP contribution in [-0.2, 0) is 14.3 Å². The lowest BCUT2D eigenvalue weighted by Crippen LogP contribution is -2.56. The van der Waals surface area contributed by atoms with E-state index >= 15 is 0 Å². The van der Waals surface area contributed by atoms with Gasteiger partial charge in [0.25, 0.3) is 0 Å². The zero-order valence-electron chi connectivity index (χ0n) is 12.2. The Bertz CT molecular complexity index is 476. The van der Waals surface area contributed by atoms with Crippen molar-refractivity contribution in [2.75, 3.05) is 7.11 Å². The third-order valence-corrected chi connectivity index (χ3v) is 5.62. The van der Waals surface area contributed by atoms with Crippen LogP contribution in [0.1, 0.15) is 33.6 Å². The molecule has 2 aliphatic carbocycles. The lowest BCUT2D eigenvalue weighted by atomic mass is 9.52. The van der Waals surface area contributed by atoms with Gasteiger partial charge in [0.05, 0.1) is 7.11 Å². The zero-order valence-corrected chi connectivity index (χ0v) is 12.2. The standard InChI is InChI=1S/C16H22O3/c1-6-12-9-13(17)16(14(18)19-5)10(2)7-8-15(16,4)11(12)3/h6,9-11H,1,7-8H2,2-5H3/t10-,11-,15+,16-/m1/s1. The van der Waals surface area contributed by atoms with Crippen molar-refractivity contribution in [3.05, 3.63) is 24.3 Å². The summed E-state index contributed by atoms with van der Waals surface area (Å²) in [6, 6.07) is 0. The SMILES string of the molecule is C=CC1=CC(=O)[C@@]2(C(=O)OC)[C@H](C)CC[C@@]2(C)[C@@H]1C. The number of carbonyl (C=O) groups is 2. The molecule has 3 heteroatoms. The molecule has 0 amide bonds. The minimum atomic E-state index is -1.02. The topological polar surface area (TPSA) is 43.4 Å². The largest absolute Gasteiger partial charge is 0.468 e. The van der Waals surface area contributed by atoms with Crippen LogP contribution in [0.15, 0.2) is 24.3 Å². The molecule has 1 saturated carbocycles. The Morgan fingerprint density at radius 3 is 2.68 bits per heavy atom. The van der Waals surface area contributed by atoms with E-state index in [0.717, 1.165) is 18.4 Å². The van der Waals surface area contributed by atoms with Crippen molar-refractivity contribution in [1.82, 2.24) is 0 Å². The molecule has 0 unspecified atom stereocenters. The maximum atomic E-state index is 12.7. The lowest BCUT2D eigenvalue weighted by Gasteiger charge is -2.48. The first-order valence-electron chi connectivity index (χ1n) is 6.83. The number of esters is 1. The van der Waals surface area contributed by atoms with Crippen molar-refractivity contribution in [1.29, 1.82) is 0 Å². The molecule has 0 aliphatic heterocycles. The Balaban J connectivity index is 2.70. The molecule has 0 aromatic rings. The lowest BCUT2D eigenvalue weighted by molar-refractivity contribution is -0.170. The van der Waals surface area contributed by atoms with Crippen LogP contribution in [0.4, 0.5) is 0 Å². The minimum absolute atomic E-state index is 0.0162. The van der Waals surface area contributed by atoms with E-state index in [-0.39, 0.29) is 29.0 Å². The molecule has 0 N–H and O–H groups in total. The monoisotopic (exact) mass is 262 g/mol. The number of methoxy groups -OCH3 is 1. The highest BCUT2D eigenvalue weighted by atomic mass is 16.5. The smallest absolute Gasteiger partial charge is 0.320 e. The number of rotatable bonds is 2. The van der Waals surface area contributed by atoms with Crippen LogP contribution in [0.5, 0.6) is 0 Å². The molecule has 19 heavy (non-hydrogen) atoms. The summed E-state index contributed by atoms with van der Waals surface area (Å²) in [7, 11) is 1.37. The number of allylic oxidation sites excluding steroid dienone is 3. The van der Waals surface area contributed by atoms with Gasteiger partial charge in [-0.2, -0.15) is 0 Å². The number of hydrogen-bond acceptors (Lipinski definition) is 3. The summed E-state index contributed by atoms with van der Waals surface area (Å²) in [5.74, 6) is -0.342. The summed E-state index contributed by atoms with van der Waals surface area (Å²) >= 11 is 0. The fraction of sp³-hybridized carbons (Fsp3) is 0.625. The van der Waals surface area contributed by atoms with E-state index < -0.39 is 5.41 Å². The van der Waals surface area contributed by atoms with E-state index in [4.69, 9.17) is 4.74 Å². The average molecular weight is 262 g/mol. The molecule has 4 atom stereocenters. The summed E-state index contributed by atoms with van der Waals surface area (Å²) in [6.45, 7) is 9.90. The molecule has 0 bridgehead atoms. The third-order valence-electron chi connectivity index (χ3n) is 5.62. The van der Waals surface area contributed by atoms with Gasteiger partial charge < -0.3 is 4.74 Å². The quantitative estimate of drug-likeness (QED) is 0.567. The molecule has 104 valence electrons. The first kappa shape index (κ1) is 14.0. The minimum Gasteiger partial charge on any atom is -0.468 e. The normalized spacial score (nSPS) is 41.5. The molecule has 0 spiro atoms. The highest BCUT2D eigenvalue weighted by molar-refractivity contribution is 6.12. The maximum absolute atomic E-state index is 12.7. The summed E-state index contributed by atoms with van der Waals surface area (Å²) in [5, 5.41) is 0.